The molecule has 0 aliphatic carbocycles. The van der Waals surface area contributed by atoms with Crippen molar-refractivity contribution in [3.05, 3.63) is 23.7 Å². The largest absolute Gasteiger partial charge is 0.341 e. The SMILES string of the molecule is CCC(C)c1cnc2nc(C)[nH]c2c1. The highest BCUT2D eigenvalue weighted by molar-refractivity contribution is 5.71. The van der Waals surface area contributed by atoms with E-state index >= 15 is 0 Å². The summed E-state index contributed by atoms with van der Waals surface area (Å²) in [5.41, 5.74) is 3.14. The molecule has 74 valence electrons. The Bertz CT molecular complexity index is 445. The Balaban J connectivity index is 2.50. The van der Waals surface area contributed by atoms with Gasteiger partial charge in [-0.25, -0.2) is 9.97 Å². The second-order valence-corrected chi connectivity index (χ2v) is 3.77. The maximum Gasteiger partial charge on any atom is 0.177 e. The van der Waals surface area contributed by atoms with Crippen LogP contribution in [0.15, 0.2) is 12.3 Å². The fourth-order valence-corrected chi connectivity index (χ4v) is 1.54. The molecular formula is C11H15N3. The van der Waals surface area contributed by atoms with E-state index in [0.29, 0.717) is 5.92 Å². The molecule has 2 rings (SSSR count). The van der Waals surface area contributed by atoms with Crippen molar-refractivity contribution in [1.29, 1.82) is 0 Å². The van der Waals surface area contributed by atoms with Crippen molar-refractivity contribution in [1.82, 2.24) is 15.0 Å². The average Bonchev–Trinajstić information content (AvgIpc) is 2.55. The minimum Gasteiger partial charge on any atom is -0.341 e. The monoisotopic (exact) mass is 189 g/mol. The van der Waals surface area contributed by atoms with Gasteiger partial charge in [0.1, 0.15) is 5.82 Å². The second-order valence-electron chi connectivity index (χ2n) is 3.77. The van der Waals surface area contributed by atoms with E-state index in [4.69, 9.17) is 0 Å². The molecule has 0 amide bonds. The lowest BCUT2D eigenvalue weighted by Crippen LogP contribution is -1.92. The number of aromatic amines is 1. The van der Waals surface area contributed by atoms with Gasteiger partial charge in [-0.1, -0.05) is 13.8 Å². The first-order valence-corrected chi connectivity index (χ1v) is 5.03. The average molecular weight is 189 g/mol. The van der Waals surface area contributed by atoms with Crippen LogP contribution in [0.5, 0.6) is 0 Å². The molecule has 0 aliphatic rings. The topological polar surface area (TPSA) is 41.6 Å². The minimum absolute atomic E-state index is 0.565. The van der Waals surface area contributed by atoms with Crippen molar-refractivity contribution < 1.29 is 0 Å². The molecule has 0 bridgehead atoms. The van der Waals surface area contributed by atoms with E-state index in [9.17, 15) is 0 Å². The maximum atomic E-state index is 4.33. The van der Waals surface area contributed by atoms with Crippen LogP contribution in [0.4, 0.5) is 0 Å². The van der Waals surface area contributed by atoms with Crippen LogP contribution in [-0.4, -0.2) is 15.0 Å². The van der Waals surface area contributed by atoms with Gasteiger partial charge in [-0.3, -0.25) is 0 Å². The maximum absolute atomic E-state index is 4.33. The van der Waals surface area contributed by atoms with Gasteiger partial charge >= 0.3 is 0 Å². The van der Waals surface area contributed by atoms with Crippen LogP contribution in [0.2, 0.25) is 0 Å². The molecular weight excluding hydrogens is 174 g/mol. The van der Waals surface area contributed by atoms with Gasteiger partial charge in [-0.2, -0.15) is 0 Å². The van der Waals surface area contributed by atoms with Crippen LogP contribution in [0.1, 0.15) is 37.6 Å². The lowest BCUT2D eigenvalue weighted by Gasteiger charge is -2.06. The van der Waals surface area contributed by atoms with E-state index in [1.165, 1.54) is 5.56 Å². The third-order valence-electron chi connectivity index (χ3n) is 2.66. The highest BCUT2D eigenvalue weighted by atomic mass is 15.0. The van der Waals surface area contributed by atoms with E-state index in [2.05, 4.69) is 34.9 Å². The molecule has 3 heteroatoms. The Morgan fingerprint density at radius 2 is 2.29 bits per heavy atom. The summed E-state index contributed by atoms with van der Waals surface area (Å²) in [5.74, 6) is 1.49. The standard InChI is InChI=1S/C11H15N3/c1-4-7(2)9-5-10-11(12-6-9)14-8(3)13-10/h5-7H,4H2,1-3H3,(H,12,13,14). The van der Waals surface area contributed by atoms with Gasteiger partial charge < -0.3 is 4.98 Å². The zero-order chi connectivity index (χ0) is 10.1. The van der Waals surface area contributed by atoms with Crippen LogP contribution >= 0.6 is 0 Å². The van der Waals surface area contributed by atoms with Gasteiger partial charge in [-0.05, 0) is 30.9 Å². The van der Waals surface area contributed by atoms with Crippen molar-refractivity contribution >= 4 is 11.2 Å². The van der Waals surface area contributed by atoms with Crippen molar-refractivity contribution in [3.8, 4) is 0 Å². The molecule has 0 radical (unpaired) electrons. The lowest BCUT2D eigenvalue weighted by atomic mass is 10.0. The highest BCUT2D eigenvalue weighted by Gasteiger charge is 2.06. The molecule has 0 saturated carbocycles. The molecule has 1 atom stereocenters. The molecule has 0 aromatic carbocycles. The Hall–Kier alpha value is -1.38. The van der Waals surface area contributed by atoms with Crippen LogP contribution in [-0.2, 0) is 0 Å². The predicted octanol–water partition coefficient (Wildman–Crippen LogP) is 2.78. The van der Waals surface area contributed by atoms with E-state index in [-0.39, 0.29) is 0 Å². The van der Waals surface area contributed by atoms with Crippen LogP contribution in [0.3, 0.4) is 0 Å². The molecule has 0 spiro atoms. The number of pyridine rings is 1. The summed E-state index contributed by atoms with van der Waals surface area (Å²) in [4.78, 5) is 11.8. The van der Waals surface area contributed by atoms with E-state index in [1.807, 2.05) is 13.1 Å². The molecule has 1 unspecified atom stereocenters. The number of H-pyrrole nitrogens is 1. The number of aromatic nitrogens is 3. The lowest BCUT2D eigenvalue weighted by molar-refractivity contribution is 0.731. The first-order valence-electron chi connectivity index (χ1n) is 5.03. The summed E-state index contributed by atoms with van der Waals surface area (Å²) in [6.45, 7) is 6.35. The number of hydrogen-bond donors (Lipinski definition) is 1. The number of fused-ring (bicyclic) bond motifs is 1. The molecule has 3 nitrogen and oxygen atoms in total. The second kappa shape index (κ2) is 3.40. The van der Waals surface area contributed by atoms with E-state index in [0.717, 1.165) is 23.4 Å². The summed E-state index contributed by atoms with van der Waals surface area (Å²) in [6.07, 6.45) is 3.07. The summed E-state index contributed by atoms with van der Waals surface area (Å²) >= 11 is 0. The third-order valence-corrected chi connectivity index (χ3v) is 2.66. The van der Waals surface area contributed by atoms with Crippen LogP contribution in [0.25, 0.3) is 11.2 Å². The quantitative estimate of drug-likeness (QED) is 0.789. The molecule has 2 aromatic rings. The van der Waals surface area contributed by atoms with Crippen LogP contribution < -0.4 is 0 Å². The van der Waals surface area contributed by atoms with Gasteiger partial charge in [0.2, 0.25) is 0 Å². The number of rotatable bonds is 2. The zero-order valence-electron chi connectivity index (χ0n) is 8.83. The van der Waals surface area contributed by atoms with Gasteiger partial charge in [0, 0.05) is 6.20 Å². The molecule has 0 fully saturated rings. The van der Waals surface area contributed by atoms with Crippen molar-refractivity contribution in [3.63, 3.8) is 0 Å². The predicted molar refractivity (Wildman–Crippen MR) is 57.3 cm³/mol. The first-order chi connectivity index (χ1) is 6.70. The fourth-order valence-electron chi connectivity index (χ4n) is 1.54. The number of hydrogen-bond acceptors (Lipinski definition) is 2. The number of nitrogens with zero attached hydrogens (tertiary/aromatic N) is 2. The van der Waals surface area contributed by atoms with Gasteiger partial charge in [0.25, 0.3) is 0 Å². The number of imidazole rings is 1. The number of nitrogens with one attached hydrogen (secondary N) is 1. The summed E-state index contributed by atoms with van der Waals surface area (Å²) in [5, 5.41) is 0. The molecule has 2 aromatic heterocycles. The van der Waals surface area contributed by atoms with Gasteiger partial charge in [-0.15, -0.1) is 0 Å². The fraction of sp³-hybridized carbons (Fsp3) is 0.455. The first kappa shape index (κ1) is 9.19. The molecule has 14 heavy (non-hydrogen) atoms. The minimum atomic E-state index is 0.565. The van der Waals surface area contributed by atoms with Crippen LogP contribution in [0, 0.1) is 6.92 Å². The van der Waals surface area contributed by atoms with E-state index < -0.39 is 0 Å². The molecule has 0 saturated heterocycles. The number of aryl methyl sites for hydroxylation is 1. The summed E-state index contributed by atoms with van der Waals surface area (Å²) < 4.78 is 0. The molecule has 1 N–H and O–H groups in total. The zero-order valence-corrected chi connectivity index (χ0v) is 8.83. The highest BCUT2D eigenvalue weighted by Crippen LogP contribution is 2.20. The Morgan fingerprint density at radius 3 is 3.00 bits per heavy atom. The van der Waals surface area contributed by atoms with Gasteiger partial charge in [0.05, 0.1) is 5.52 Å². The Kier molecular flexibility index (Phi) is 2.23. The van der Waals surface area contributed by atoms with E-state index in [1.54, 1.807) is 0 Å². The Morgan fingerprint density at radius 1 is 1.50 bits per heavy atom. The third kappa shape index (κ3) is 1.50. The van der Waals surface area contributed by atoms with Gasteiger partial charge in [0.15, 0.2) is 5.65 Å². The Labute approximate surface area is 83.6 Å². The molecule has 0 aliphatic heterocycles. The van der Waals surface area contributed by atoms with Crippen molar-refractivity contribution in [2.75, 3.05) is 0 Å². The normalized spacial score (nSPS) is 13.4. The smallest absolute Gasteiger partial charge is 0.177 e. The van der Waals surface area contributed by atoms with Crippen molar-refractivity contribution in [2.24, 2.45) is 0 Å². The summed E-state index contributed by atoms with van der Waals surface area (Å²) in [7, 11) is 0. The van der Waals surface area contributed by atoms with Crippen molar-refractivity contribution in [2.45, 2.75) is 33.1 Å². The molecule has 2 heterocycles. The summed E-state index contributed by atoms with van der Waals surface area (Å²) in [6, 6.07) is 2.15.